The molecule has 0 spiro atoms. The maximum atomic E-state index is 12.1. The molecule has 10 aliphatic carbocycles. The Morgan fingerprint density at radius 1 is 0.318 bits per heavy atom. The number of rotatable bonds is 43. The number of esters is 10. The lowest BCUT2D eigenvalue weighted by atomic mass is 9.54. The minimum Gasteiger partial charge on any atom is -0.438 e. The van der Waals surface area contributed by atoms with Crippen molar-refractivity contribution in [2.45, 2.75) is 552 Å². The van der Waals surface area contributed by atoms with Gasteiger partial charge in [-0.25, -0.2) is 0 Å². The number of carbonyl (C=O) groups is 10. The van der Waals surface area contributed by atoms with Crippen molar-refractivity contribution < 1.29 is 143 Å². The van der Waals surface area contributed by atoms with Crippen molar-refractivity contribution in [3.8, 4) is 0 Å². The molecule has 0 amide bonds. The third kappa shape index (κ3) is 54.6. The smallest absolute Gasteiger partial charge is 0.313 e. The van der Waals surface area contributed by atoms with Gasteiger partial charge in [-0.05, 0) is 339 Å². The fourth-order valence-corrected chi connectivity index (χ4v) is 19.3. The summed E-state index contributed by atoms with van der Waals surface area (Å²) in [4.78, 5) is 115. The van der Waals surface area contributed by atoms with Gasteiger partial charge in [0.2, 0.25) is 37.2 Å². The highest BCUT2D eigenvalue weighted by Gasteiger charge is 2.54. The van der Waals surface area contributed by atoms with E-state index in [4.69, 9.17) is 94.7 Å². The molecule has 0 aromatic rings. The standard InChI is InChI=1S/C17H28O3.C16H26O3.C14H26O3.C13H24O3.C11H20O3.C11H22O3.C10H18O3.C9H16O3.C9H18O3.C8H16O3/c1-4-11(2)16(18)19-12(3)20-17-8-13-5-14(9-17)7-15(6-13)10-17;1-3-11(2)15(17)18-10-19-16-7-12-4-13(8-16)6-14(5-12)9-16;1-5-13(3,4)12(15)17-14(16-6-2)10-8-7-9-11-14;1-4-10(2)13(14)16-11(3)15-12-8-6-5-7-9-12;1-4-11(2,3)10(12)14-9-7-5-6-8-13-9;1-7-8(2)10(12)13-9(3)14-11(4,5)6;1-4-10(2,3)9(11)13-8-6-5-7-12-8;1-3-7(2)9(10)12-8-5-4-6-11-8;1-5-7(3)9(10)12-8(4)11-6-2;1-4-7(3)8(9)11-6-10-5-2/h11-15H,4-10H2,1-3H3;11-14H,3-10H2,1-2H3;5-11H2,1-4H3;10-12H,4-9H2,1-3H3;9H,4-8H2,1-3H3;8-9H,7H2,1-6H3;8H,4-7H2,1-3H3;7-8H,3-6H2,1-2H3;7-8H,5-6H2,1-4H3;7H,4-6H2,1-3H3. The molecule has 0 aromatic heterocycles. The van der Waals surface area contributed by atoms with E-state index in [2.05, 4.69) is 0 Å². The molecule has 13 aliphatic rings. The summed E-state index contributed by atoms with van der Waals surface area (Å²) in [5.74, 6) is 2.87. The van der Waals surface area contributed by atoms with Crippen molar-refractivity contribution in [1.82, 2.24) is 0 Å². The summed E-state index contributed by atoms with van der Waals surface area (Å²) in [6.45, 7) is 67.2. The van der Waals surface area contributed by atoms with Crippen LogP contribution < -0.4 is 0 Å². The Hall–Kier alpha value is -5.70. The molecule has 13 rings (SSSR count). The van der Waals surface area contributed by atoms with Crippen molar-refractivity contribution in [3.05, 3.63) is 0 Å². The van der Waals surface area contributed by atoms with Crippen LogP contribution in [-0.2, 0) is 143 Å². The molecule has 0 radical (unpaired) electrons. The Bertz CT molecular complexity index is 3580. The summed E-state index contributed by atoms with van der Waals surface area (Å²) in [5, 5.41) is 0. The second kappa shape index (κ2) is 72.2. The van der Waals surface area contributed by atoms with Crippen molar-refractivity contribution >= 4 is 59.7 Å². The molecule has 0 N–H and O–H groups in total. The predicted octanol–water partition coefficient (Wildman–Crippen LogP) is 26.9. The van der Waals surface area contributed by atoms with Gasteiger partial charge in [-0.2, -0.15) is 0 Å². The van der Waals surface area contributed by atoms with E-state index >= 15 is 0 Å². The third-order valence-electron chi connectivity index (χ3n) is 30.8. The molecule has 0 aromatic carbocycles. The van der Waals surface area contributed by atoms with Gasteiger partial charge in [-0.15, -0.1) is 0 Å². The van der Waals surface area contributed by atoms with Gasteiger partial charge in [0, 0.05) is 51.9 Å². The zero-order valence-electron chi connectivity index (χ0n) is 99.1. The first kappa shape index (κ1) is 138. The molecular formula is C118H214O30. The van der Waals surface area contributed by atoms with Crippen LogP contribution in [0.2, 0.25) is 0 Å². The summed E-state index contributed by atoms with van der Waals surface area (Å²) in [5.41, 5.74) is -1.40. The quantitative estimate of drug-likeness (QED) is 0.0237. The molecule has 8 bridgehead atoms. The molecule has 10 saturated carbocycles. The maximum Gasteiger partial charge on any atom is 0.313 e. The van der Waals surface area contributed by atoms with Crippen LogP contribution in [0.15, 0.2) is 0 Å². The van der Waals surface area contributed by atoms with E-state index in [9.17, 15) is 47.9 Å². The molecule has 866 valence electrons. The Morgan fingerprint density at radius 3 is 1.00 bits per heavy atom. The first-order valence-electron chi connectivity index (χ1n) is 58.0. The monoisotopic (exact) mass is 2110 g/mol. The summed E-state index contributed by atoms with van der Waals surface area (Å²) in [6.07, 6.45) is 39.1. The fourth-order valence-electron chi connectivity index (χ4n) is 19.3. The zero-order valence-corrected chi connectivity index (χ0v) is 99.1. The summed E-state index contributed by atoms with van der Waals surface area (Å²) in [6, 6.07) is 0. The van der Waals surface area contributed by atoms with Crippen LogP contribution in [0.1, 0.15) is 479 Å². The van der Waals surface area contributed by atoms with E-state index in [0.717, 1.165) is 190 Å². The van der Waals surface area contributed by atoms with Gasteiger partial charge in [0.15, 0.2) is 26.2 Å². The first-order valence-corrected chi connectivity index (χ1v) is 58.0. The van der Waals surface area contributed by atoms with Gasteiger partial charge < -0.3 is 94.7 Å². The van der Waals surface area contributed by atoms with Gasteiger partial charge in [0.1, 0.15) is 0 Å². The van der Waals surface area contributed by atoms with E-state index < -0.39 is 36.4 Å². The van der Waals surface area contributed by atoms with E-state index in [1.165, 1.54) is 103 Å². The van der Waals surface area contributed by atoms with Gasteiger partial charge in [-0.1, -0.05) is 143 Å². The Morgan fingerprint density at radius 2 is 0.649 bits per heavy atom. The first-order chi connectivity index (χ1) is 69.6. The second-order valence-corrected chi connectivity index (χ2v) is 46.3. The van der Waals surface area contributed by atoms with E-state index in [1.807, 2.05) is 215 Å². The van der Waals surface area contributed by atoms with Crippen LogP contribution >= 0.6 is 0 Å². The van der Waals surface area contributed by atoms with Crippen LogP contribution in [0.25, 0.3) is 0 Å². The normalized spacial score (nSPS) is 25.5. The SMILES string of the molecule is CCC(C)(C)C(=O)OC1CCCCO1.CCC(C)(C)C(=O)OC1CCCO1.CCC(C)C(=O)OC(C)OC(C)(C)C.CCC(C)C(=O)OC(C)OC12CC3CC(CC(C3)C1)C2.CCC(C)C(=O)OC(C)OC1CCCCC1.CCC(C)C(=O)OC1CCCO1.CCC(C)C(=O)OCOC12CC3CC(CC(C3)C1)C2.CCOC(C)OC(=O)C(C)CC.CCOC1(OC(=O)C(C)(C)CC)CCCCC1.CCOCOC(=O)C(C)CC. The highest BCUT2D eigenvalue weighted by molar-refractivity contribution is 5.78. The molecule has 13 fully saturated rings. The van der Waals surface area contributed by atoms with Crippen LogP contribution in [-0.4, -0.2) is 186 Å². The van der Waals surface area contributed by atoms with E-state index in [1.54, 1.807) is 13.8 Å². The lowest BCUT2D eigenvalue weighted by molar-refractivity contribution is -0.249. The van der Waals surface area contributed by atoms with Crippen LogP contribution in [0, 0.1) is 93.2 Å². The molecule has 30 heteroatoms. The minimum atomic E-state index is -0.642. The topological polar surface area (TPSA) is 355 Å². The van der Waals surface area contributed by atoms with E-state index in [-0.39, 0.29) is 167 Å². The van der Waals surface area contributed by atoms with Gasteiger partial charge >= 0.3 is 59.7 Å². The Balaban J connectivity index is 0.000000559. The number of carbonyl (C=O) groups excluding carboxylic acids is 10. The lowest BCUT2D eigenvalue weighted by Gasteiger charge is -2.56. The highest BCUT2D eigenvalue weighted by atomic mass is 16.8. The molecule has 3 saturated heterocycles. The molecule has 3 heterocycles. The molecule has 14 atom stereocenters. The number of hydrogen-bond donors (Lipinski definition) is 0. The van der Waals surface area contributed by atoms with Gasteiger partial charge in [0.25, 0.3) is 0 Å². The highest BCUT2D eigenvalue weighted by Crippen LogP contribution is 2.59. The molecule has 30 nitrogen and oxygen atoms in total. The average Bonchev–Trinajstić information content (AvgIpc) is 0.778. The third-order valence-corrected chi connectivity index (χ3v) is 30.8. The molecular weight excluding hydrogens is 1900 g/mol. The Kier molecular flexibility index (Phi) is 67.5. The van der Waals surface area contributed by atoms with Crippen molar-refractivity contribution in [2.75, 3.05) is 53.2 Å². The largest absolute Gasteiger partial charge is 0.438 e. The summed E-state index contributed by atoms with van der Waals surface area (Å²) < 4.78 is 107. The minimum absolute atomic E-state index is 0.00537. The van der Waals surface area contributed by atoms with Crippen molar-refractivity contribution in [1.29, 1.82) is 0 Å². The second-order valence-electron chi connectivity index (χ2n) is 46.3. The zero-order chi connectivity index (χ0) is 112. The molecule has 148 heavy (non-hydrogen) atoms. The molecule has 3 aliphatic heterocycles. The fraction of sp³-hybridized carbons (Fsp3) is 0.915. The van der Waals surface area contributed by atoms with Crippen molar-refractivity contribution in [3.63, 3.8) is 0 Å². The number of ether oxygens (including phenoxy) is 20. The maximum absolute atomic E-state index is 12.1. The van der Waals surface area contributed by atoms with Crippen LogP contribution in [0.4, 0.5) is 0 Å². The van der Waals surface area contributed by atoms with E-state index in [0.29, 0.717) is 33.0 Å². The summed E-state index contributed by atoms with van der Waals surface area (Å²) in [7, 11) is 0. The summed E-state index contributed by atoms with van der Waals surface area (Å²) >= 11 is 0. The molecule has 14 unspecified atom stereocenters. The van der Waals surface area contributed by atoms with Crippen LogP contribution in [0.3, 0.4) is 0 Å². The van der Waals surface area contributed by atoms with Crippen LogP contribution in [0.5, 0.6) is 0 Å². The number of hydrogen-bond acceptors (Lipinski definition) is 30. The average molecular weight is 2110 g/mol. The van der Waals surface area contributed by atoms with Gasteiger partial charge in [-0.3, -0.25) is 47.9 Å². The van der Waals surface area contributed by atoms with Gasteiger partial charge in [0.05, 0.1) is 100 Å². The Labute approximate surface area is 895 Å². The van der Waals surface area contributed by atoms with Crippen molar-refractivity contribution in [2.24, 2.45) is 93.2 Å². The predicted molar refractivity (Wildman–Crippen MR) is 572 cm³/mol. The lowest BCUT2D eigenvalue weighted by Crippen LogP contribution is -2.53.